The number of nitrogens with two attached hydrogens (primary N) is 2. The zero-order valence-electron chi connectivity index (χ0n) is 16.2. The molecule has 2 aromatic carbocycles. The molecular formula is C22H26N2O5. The highest BCUT2D eigenvalue weighted by atomic mass is 16.6. The second-order valence-electron chi connectivity index (χ2n) is 6.64. The molecular weight excluding hydrogens is 372 g/mol. The summed E-state index contributed by atoms with van der Waals surface area (Å²) in [6, 6.07) is 17.4. The summed E-state index contributed by atoms with van der Waals surface area (Å²) in [5.74, 6) is -2.27. The van der Waals surface area contributed by atoms with Gasteiger partial charge in [0.2, 0.25) is 5.54 Å². The van der Waals surface area contributed by atoms with Crippen LogP contribution in [-0.4, -0.2) is 36.4 Å². The molecule has 7 heteroatoms. The first kappa shape index (κ1) is 22.3. The summed E-state index contributed by atoms with van der Waals surface area (Å²) in [6.45, 7) is -0.132. The number of hydrogen-bond acceptors (Lipinski definition) is 7. The van der Waals surface area contributed by atoms with Crippen molar-refractivity contribution in [2.24, 2.45) is 11.5 Å². The van der Waals surface area contributed by atoms with E-state index in [-0.39, 0.29) is 18.8 Å². The topological polar surface area (TPSA) is 122 Å². The Hall–Kier alpha value is -3.03. The summed E-state index contributed by atoms with van der Waals surface area (Å²) in [6.07, 6.45) is 1.03. The number of rotatable bonds is 11. The van der Waals surface area contributed by atoms with Crippen LogP contribution in [0.2, 0.25) is 0 Å². The van der Waals surface area contributed by atoms with Gasteiger partial charge in [-0.2, -0.15) is 0 Å². The summed E-state index contributed by atoms with van der Waals surface area (Å²) in [7, 11) is 0. The Morgan fingerprint density at radius 1 is 0.828 bits per heavy atom. The van der Waals surface area contributed by atoms with Crippen molar-refractivity contribution in [3.05, 3.63) is 71.8 Å². The molecule has 0 spiro atoms. The van der Waals surface area contributed by atoms with Gasteiger partial charge in [-0.15, -0.1) is 0 Å². The van der Waals surface area contributed by atoms with Crippen LogP contribution >= 0.6 is 0 Å². The largest absolute Gasteiger partial charge is 0.459 e. The van der Waals surface area contributed by atoms with Gasteiger partial charge in [0.05, 0.1) is 0 Å². The van der Waals surface area contributed by atoms with Crippen molar-refractivity contribution in [2.75, 3.05) is 13.2 Å². The quantitative estimate of drug-likeness (QED) is 0.257. The molecule has 1 atom stereocenters. The predicted octanol–water partition coefficient (Wildman–Crippen LogP) is 1.98. The molecule has 4 N–H and O–H groups in total. The summed E-state index contributed by atoms with van der Waals surface area (Å²) in [5.41, 5.74) is 10.8. The van der Waals surface area contributed by atoms with Crippen LogP contribution in [0.15, 0.2) is 60.7 Å². The SMILES string of the molecule is NCCCC[C@](N)(C(=O)OCC(=O)c1ccccc1)C(=O)OCc1ccccc1. The van der Waals surface area contributed by atoms with Crippen LogP contribution in [0, 0.1) is 0 Å². The molecule has 0 aliphatic heterocycles. The minimum absolute atomic E-state index is 0.0101. The standard InChI is InChI=1S/C22H26N2O5/c23-14-8-7-13-22(24,20(26)28-15-17-9-3-1-4-10-17)21(27)29-16-19(25)18-11-5-2-6-12-18/h1-6,9-12H,7-8,13-16,23-24H2/t22-/m1/s1. The molecule has 0 aliphatic carbocycles. The molecule has 0 radical (unpaired) electrons. The fourth-order valence-corrected chi connectivity index (χ4v) is 2.65. The number of hydrogen-bond donors (Lipinski definition) is 2. The van der Waals surface area contributed by atoms with Gasteiger partial charge in [0.1, 0.15) is 6.61 Å². The summed E-state index contributed by atoms with van der Waals surface area (Å²) in [5, 5.41) is 0. The number of carbonyl (C=O) groups excluding carboxylic acids is 3. The third-order valence-corrected chi connectivity index (χ3v) is 4.40. The maximum atomic E-state index is 12.6. The Kier molecular flexibility index (Phi) is 8.51. The highest BCUT2D eigenvalue weighted by molar-refractivity contribution is 6.06. The molecule has 0 heterocycles. The summed E-state index contributed by atoms with van der Waals surface area (Å²) < 4.78 is 10.3. The molecule has 0 saturated carbocycles. The van der Waals surface area contributed by atoms with E-state index in [2.05, 4.69) is 0 Å². The molecule has 2 rings (SSSR count). The Labute approximate surface area is 170 Å². The molecule has 0 fully saturated rings. The van der Waals surface area contributed by atoms with Gasteiger partial charge in [0.25, 0.3) is 0 Å². The molecule has 154 valence electrons. The second kappa shape index (κ2) is 11.1. The van der Waals surface area contributed by atoms with Crippen molar-refractivity contribution in [3.8, 4) is 0 Å². The lowest BCUT2D eigenvalue weighted by Gasteiger charge is -2.25. The molecule has 0 aliphatic rings. The van der Waals surface area contributed by atoms with Crippen molar-refractivity contribution in [2.45, 2.75) is 31.4 Å². The van der Waals surface area contributed by atoms with E-state index in [1.807, 2.05) is 18.2 Å². The van der Waals surface area contributed by atoms with Gasteiger partial charge in [-0.25, -0.2) is 9.59 Å². The maximum Gasteiger partial charge on any atom is 0.338 e. The fourth-order valence-electron chi connectivity index (χ4n) is 2.65. The third kappa shape index (κ3) is 6.51. The van der Waals surface area contributed by atoms with Crippen LogP contribution in [0.1, 0.15) is 35.2 Å². The van der Waals surface area contributed by atoms with E-state index >= 15 is 0 Å². The minimum atomic E-state index is -2.00. The Bertz CT molecular complexity index is 810. The van der Waals surface area contributed by atoms with E-state index in [4.69, 9.17) is 20.9 Å². The molecule has 29 heavy (non-hydrogen) atoms. The second-order valence-corrected chi connectivity index (χ2v) is 6.64. The van der Waals surface area contributed by atoms with Crippen LogP contribution in [-0.2, 0) is 25.7 Å². The Morgan fingerprint density at radius 3 is 2.03 bits per heavy atom. The highest BCUT2D eigenvalue weighted by Gasteiger charge is 2.45. The predicted molar refractivity (Wildman–Crippen MR) is 108 cm³/mol. The van der Waals surface area contributed by atoms with E-state index < -0.39 is 24.1 Å². The van der Waals surface area contributed by atoms with E-state index in [0.29, 0.717) is 24.9 Å². The molecule has 0 aromatic heterocycles. The Morgan fingerprint density at radius 2 is 1.41 bits per heavy atom. The highest BCUT2D eigenvalue weighted by Crippen LogP contribution is 2.17. The van der Waals surface area contributed by atoms with Crippen LogP contribution in [0.3, 0.4) is 0 Å². The molecule has 0 amide bonds. The van der Waals surface area contributed by atoms with E-state index in [0.717, 1.165) is 5.56 Å². The van der Waals surface area contributed by atoms with Gasteiger partial charge in [-0.3, -0.25) is 4.79 Å². The van der Waals surface area contributed by atoms with Gasteiger partial charge in [0, 0.05) is 5.56 Å². The van der Waals surface area contributed by atoms with Gasteiger partial charge in [-0.05, 0) is 31.4 Å². The molecule has 0 saturated heterocycles. The van der Waals surface area contributed by atoms with Gasteiger partial charge >= 0.3 is 11.9 Å². The molecule has 7 nitrogen and oxygen atoms in total. The number of esters is 2. The van der Waals surface area contributed by atoms with Crippen molar-refractivity contribution in [3.63, 3.8) is 0 Å². The maximum absolute atomic E-state index is 12.6. The average Bonchev–Trinajstić information content (AvgIpc) is 2.76. The lowest BCUT2D eigenvalue weighted by molar-refractivity contribution is -0.165. The van der Waals surface area contributed by atoms with Crippen LogP contribution in [0.25, 0.3) is 0 Å². The van der Waals surface area contributed by atoms with Crippen molar-refractivity contribution in [1.82, 2.24) is 0 Å². The fraction of sp³-hybridized carbons (Fsp3) is 0.318. The monoisotopic (exact) mass is 398 g/mol. The van der Waals surface area contributed by atoms with Gasteiger partial charge in [0.15, 0.2) is 12.4 Å². The summed E-state index contributed by atoms with van der Waals surface area (Å²) in [4.78, 5) is 37.4. The first-order chi connectivity index (χ1) is 14.0. The lowest BCUT2D eigenvalue weighted by Crippen LogP contribution is -2.56. The number of unbranched alkanes of at least 4 members (excludes halogenated alkanes) is 1. The number of ether oxygens (including phenoxy) is 2. The smallest absolute Gasteiger partial charge is 0.338 e. The van der Waals surface area contributed by atoms with Crippen molar-refractivity contribution < 1.29 is 23.9 Å². The number of Topliss-reactive ketones (excluding diaryl/α,β-unsaturated/α-hetero) is 1. The van der Waals surface area contributed by atoms with E-state index in [9.17, 15) is 14.4 Å². The first-order valence-corrected chi connectivity index (χ1v) is 9.43. The van der Waals surface area contributed by atoms with Gasteiger partial charge < -0.3 is 20.9 Å². The zero-order valence-corrected chi connectivity index (χ0v) is 16.2. The third-order valence-electron chi connectivity index (χ3n) is 4.40. The Balaban J connectivity index is 2.02. The molecule has 2 aromatic rings. The molecule has 0 unspecified atom stereocenters. The van der Waals surface area contributed by atoms with E-state index in [1.165, 1.54) is 0 Å². The number of benzene rings is 2. The summed E-state index contributed by atoms with van der Waals surface area (Å²) >= 11 is 0. The normalized spacial score (nSPS) is 12.6. The van der Waals surface area contributed by atoms with Crippen molar-refractivity contribution in [1.29, 1.82) is 0 Å². The number of carbonyl (C=O) groups is 3. The average molecular weight is 398 g/mol. The van der Waals surface area contributed by atoms with Crippen LogP contribution in [0.5, 0.6) is 0 Å². The van der Waals surface area contributed by atoms with Crippen LogP contribution < -0.4 is 11.5 Å². The van der Waals surface area contributed by atoms with Gasteiger partial charge in [-0.1, -0.05) is 60.7 Å². The van der Waals surface area contributed by atoms with Crippen molar-refractivity contribution >= 4 is 17.7 Å². The van der Waals surface area contributed by atoms with E-state index in [1.54, 1.807) is 42.5 Å². The van der Waals surface area contributed by atoms with Crippen LogP contribution in [0.4, 0.5) is 0 Å². The zero-order chi connectivity index (χ0) is 21.1. The lowest BCUT2D eigenvalue weighted by atomic mass is 9.93. The molecule has 0 bridgehead atoms. The number of ketones is 1. The minimum Gasteiger partial charge on any atom is -0.459 e. The first-order valence-electron chi connectivity index (χ1n) is 9.43.